The molecule has 3 rings (SSSR count). The summed E-state index contributed by atoms with van der Waals surface area (Å²) in [6, 6.07) is 21.1. The van der Waals surface area contributed by atoms with Gasteiger partial charge < -0.3 is 15.1 Å². The molecule has 0 fully saturated rings. The highest BCUT2D eigenvalue weighted by molar-refractivity contribution is 5.61. The summed E-state index contributed by atoms with van der Waals surface area (Å²) >= 11 is 0. The van der Waals surface area contributed by atoms with Crippen LogP contribution in [0.25, 0.3) is 11.3 Å². The van der Waals surface area contributed by atoms with Gasteiger partial charge in [-0.05, 0) is 48.5 Å². The molecule has 27 heavy (non-hydrogen) atoms. The lowest BCUT2D eigenvalue weighted by Gasteiger charge is -2.22. The molecule has 0 amide bonds. The highest BCUT2D eigenvalue weighted by Crippen LogP contribution is 2.24. The fourth-order valence-electron chi connectivity index (χ4n) is 2.69. The maximum absolute atomic E-state index is 9.12. The molecule has 0 saturated carbocycles. The Morgan fingerprint density at radius 3 is 1.85 bits per heavy atom. The third-order valence-corrected chi connectivity index (χ3v) is 4.06. The minimum atomic E-state index is 0.0377. The van der Waals surface area contributed by atoms with Gasteiger partial charge in [-0.25, -0.2) is 0 Å². The quantitative estimate of drug-likeness (QED) is 0.595. The predicted octanol–water partition coefficient (Wildman–Crippen LogP) is 3.96. The molecule has 138 valence electrons. The van der Waals surface area contributed by atoms with E-state index in [0.717, 1.165) is 28.3 Å². The first-order valence-corrected chi connectivity index (χ1v) is 8.80. The van der Waals surface area contributed by atoms with Gasteiger partial charge in [0, 0.05) is 30.5 Å². The third kappa shape index (κ3) is 5.20. The number of pyridine rings is 1. The van der Waals surface area contributed by atoms with Crippen molar-refractivity contribution in [2.45, 2.75) is 0 Å². The van der Waals surface area contributed by atoms with Crippen LogP contribution in [0.5, 0.6) is 0 Å². The summed E-state index contributed by atoms with van der Waals surface area (Å²) in [4.78, 5) is 6.25. The summed E-state index contributed by atoms with van der Waals surface area (Å²) in [5, 5.41) is 26.8. The van der Waals surface area contributed by atoms with Gasteiger partial charge in [-0.3, -0.25) is 4.98 Å². The van der Waals surface area contributed by atoms with Crippen molar-refractivity contribution in [1.29, 1.82) is 0 Å². The van der Waals surface area contributed by atoms with Gasteiger partial charge in [0.15, 0.2) is 0 Å². The molecule has 0 radical (unpaired) electrons. The number of aromatic nitrogens is 1. The van der Waals surface area contributed by atoms with E-state index in [1.54, 1.807) is 6.20 Å². The normalized spacial score (nSPS) is 11.0. The number of azo groups is 1. The minimum Gasteiger partial charge on any atom is -0.395 e. The highest BCUT2D eigenvalue weighted by atomic mass is 16.3. The molecule has 0 atom stereocenters. The Morgan fingerprint density at radius 1 is 0.741 bits per heavy atom. The topological polar surface area (TPSA) is 81.3 Å². The second-order valence-corrected chi connectivity index (χ2v) is 5.91. The highest BCUT2D eigenvalue weighted by Gasteiger charge is 2.05. The lowest BCUT2D eigenvalue weighted by Crippen LogP contribution is -2.29. The average molecular weight is 362 g/mol. The number of aliphatic hydroxyl groups excluding tert-OH is 2. The molecule has 0 aliphatic carbocycles. The zero-order valence-corrected chi connectivity index (χ0v) is 14.9. The first-order valence-electron chi connectivity index (χ1n) is 8.80. The summed E-state index contributed by atoms with van der Waals surface area (Å²) in [7, 11) is 0. The second-order valence-electron chi connectivity index (χ2n) is 5.91. The summed E-state index contributed by atoms with van der Waals surface area (Å²) < 4.78 is 0. The number of nitrogens with zero attached hydrogens (tertiary/aromatic N) is 4. The first-order chi connectivity index (χ1) is 13.3. The van der Waals surface area contributed by atoms with Crippen molar-refractivity contribution in [1.82, 2.24) is 4.98 Å². The molecule has 0 aliphatic rings. The van der Waals surface area contributed by atoms with E-state index in [1.165, 1.54) is 0 Å². The van der Waals surface area contributed by atoms with Gasteiger partial charge in [-0.2, -0.15) is 10.2 Å². The molecular formula is C21H22N4O2. The number of rotatable bonds is 8. The Bertz CT molecular complexity index is 844. The molecule has 0 bridgehead atoms. The first kappa shape index (κ1) is 18.7. The van der Waals surface area contributed by atoms with Crippen LogP contribution < -0.4 is 4.90 Å². The summed E-state index contributed by atoms with van der Waals surface area (Å²) in [6.45, 7) is 1.03. The smallest absolute Gasteiger partial charge is 0.0858 e. The van der Waals surface area contributed by atoms with Crippen molar-refractivity contribution in [3.8, 4) is 11.3 Å². The maximum atomic E-state index is 9.12. The summed E-state index contributed by atoms with van der Waals surface area (Å²) in [5.41, 5.74) is 4.39. The Hall–Kier alpha value is -3.09. The molecule has 0 aliphatic heterocycles. The fourth-order valence-corrected chi connectivity index (χ4v) is 2.69. The molecule has 0 unspecified atom stereocenters. The zero-order chi connectivity index (χ0) is 18.9. The van der Waals surface area contributed by atoms with Crippen LogP contribution in [0.3, 0.4) is 0 Å². The molecular weight excluding hydrogens is 340 g/mol. The van der Waals surface area contributed by atoms with E-state index in [-0.39, 0.29) is 13.2 Å². The Labute approximate surface area is 158 Å². The lowest BCUT2D eigenvalue weighted by molar-refractivity contribution is 0.281. The van der Waals surface area contributed by atoms with Crippen molar-refractivity contribution >= 4 is 17.1 Å². The van der Waals surface area contributed by atoms with Crippen LogP contribution in [-0.4, -0.2) is 41.5 Å². The number of benzene rings is 2. The largest absolute Gasteiger partial charge is 0.395 e. The van der Waals surface area contributed by atoms with Crippen molar-refractivity contribution < 1.29 is 10.2 Å². The molecule has 2 aromatic carbocycles. The number of hydrogen-bond donors (Lipinski definition) is 2. The molecule has 0 saturated heterocycles. The van der Waals surface area contributed by atoms with E-state index in [1.807, 2.05) is 71.6 Å². The van der Waals surface area contributed by atoms with Gasteiger partial charge in [-0.15, -0.1) is 0 Å². The standard InChI is InChI=1S/C21H22N4O2/c26-15-13-25(14-16-27)20-10-8-19(9-11-20)24-23-18-6-4-17(5-7-18)21-3-1-2-12-22-21/h1-12,26-27H,13-16H2. The monoisotopic (exact) mass is 362 g/mol. The van der Waals surface area contributed by atoms with E-state index < -0.39 is 0 Å². The Balaban J connectivity index is 1.67. The van der Waals surface area contributed by atoms with Crippen LogP contribution in [0.1, 0.15) is 0 Å². The molecule has 1 heterocycles. The third-order valence-electron chi connectivity index (χ3n) is 4.06. The maximum Gasteiger partial charge on any atom is 0.0858 e. The molecule has 6 nitrogen and oxygen atoms in total. The predicted molar refractivity (Wildman–Crippen MR) is 107 cm³/mol. The van der Waals surface area contributed by atoms with Crippen LogP contribution in [0, 0.1) is 0 Å². The van der Waals surface area contributed by atoms with Crippen LogP contribution in [0.2, 0.25) is 0 Å². The fraction of sp³-hybridized carbons (Fsp3) is 0.190. The summed E-state index contributed by atoms with van der Waals surface area (Å²) in [5.74, 6) is 0. The second kappa shape index (κ2) is 9.56. The number of anilines is 1. The van der Waals surface area contributed by atoms with Crippen LogP contribution in [0.4, 0.5) is 17.1 Å². The van der Waals surface area contributed by atoms with Gasteiger partial charge >= 0.3 is 0 Å². The van der Waals surface area contributed by atoms with Gasteiger partial charge in [0.25, 0.3) is 0 Å². The molecule has 1 aromatic heterocycles. The molecule has 2 N–H and O–H groups in total. The summed E-state index contributed by atoms with van der Waals surface area (Å²) in [6.07, 6.45) is 1.77. The minimum absolute atomic E-state index is 0.0377. The number of hydrogen-bond acceptors (Lipinski definition) is 6. The average Bonchev–Trinajstić information content (AvgIpc) is 2.73. The van der Waals surface area contributed by atoms with E-state index in [2.05, 4.69) is 15.2 Å². The molecule has 0 spiro atoms. The van der Waals surface area contributed by atoms with Crippen molar-refractivity contribution in [2.24, 2.45) is 10.2 Å². The van der Waals surface area contributed by atoms with Crippen LogP contribution >= 0.6 is 0 Å². The Morgan fingerprint density at radius 2 is 1.33 bits per heavy atom. The molecule has 3 aromatic rings. The SMILES string of the molecule is OCCN(CCO)c1ccc(N=Nc2ccc(-c3ccccn3)cc2)cc1. The van der Waals surface area contributed by atoms with Gasteiger partial charge in [0.05, 0.1) is 30.3 Å². The zero-order valence-electron chi connectivity index (χ0n) is 14.9. The van der Waals surface area contributed by atoms with E-state index in [4.69, 9.17) is 10.2 Å². The van der Waals surface area contributed by atoms with E-state index in [0.29, 0.717) is 13.1 Å². The number of aliphatic hydroxyl groups is 2. The van der Waals surface area contributed by atoms with Crippen molar-refractivity contribution in [3.63, 3.8) is 0 Å². The van der Waals surface area contributed by atoms with Crippen molar-refractivity contribution in [2.75, 3.05) is 31.2 Å². The molecule has 6 heteroatoms. The van der Waals surface area contributed by atoms with Crippen LogP contribution in [0.15, 0.2) is 83.2 Å². The van der Waals surface area contributed by atoms with Gasteiger partial charge in [-0.1, -0.05) is 18.2 Å². The lowest BCUT2D eigenvalue weighted by atomic mass is 10.1. The van der Waals surface area contributed by atoms with Gasteiger partial charge in [0.2, 0.25) is 0 Å². The van der Waals surface area contributed by atoms with E-state index >= 15 is 0 Å². The van der Waals surface area contributed by atoms with Gasteiger partial charge in [0.1, 0.15) is 0 Å². The van der Waals surface area contributed by atoms with Crippen LogP contribution in [-0.2, 0) is 0 Å². The van der Waals surface area contributed by atoms with Crippen molar-refractivity contribution in [3.05, 3.63) is 72.9 Å². The Kier molecular flexibility index (Phi) is 6.62. The van der Waals surface area contributed by atoms with E-state index in [9.17, 15) is 0 Å².